The third-order valence-corrected chi connectivity index (χ3v) is 0.822. The molecule has 0 fully saturated rings. The molecular weight excluding hydrogens is 120 g/mol. The van der Waals surface area contributed by atoms with Gasteiger partial charge in [-0.2, -0.15) is 5.06 Å². The standard InChI is InChI=1S/C5H12N2O2/c1-2-4-7(9)5-3-6-8/h2,6,8-9H,1,3-5H2. The van der Waals surface area contributed by atoms with Gasteiger partial charge in [0.2, 0.25) is 0 Å². The van der Waals surface area contributed by atoms with E-state index >= 15 is 0 Å². The SMILES string of the molecule is C=CCN(O)CCNO. The number of nitrogens with zero attached hydrogens (tertiary/aromatic N) is 1. The van der Waals surface area contributed by atoms with Crippen LogP contribution in [0.2, 0.25) is 0 Å². The highest BCUT2D eigenvalue weighted by Crippen LogP contribution is 1.77. The molecule has 0 heterocycles. The highest BCUT2D eigenvalue weighted by molar-refractivity contribution is 4.68. The van der Waals surface area contributed by atoms with Crippen molar-refractivity contribution < 1.29 is 10.4 Å². The zero-order chi connectivity index (χ0) is 7.11. The van der Waals surface area contributed by atoms with Crippen LogP contribution in [0.4, 0.5) is 0 Å². The maximum atomic E-state index is 8.79. The fourth-order valence-electron chi connectivity index (χ4n) is 0.419. The number of rotatable bonds is 5. The molecule has 0 aliphatic carbocycles. The van der Waals surface area contributed by atoms with E-state index in [1.54, 1.807) is 6.08 Å². The van der Waals surface area contributed by atoms with Gasteiger partial charge in [0.25, 0.3) is 0 Å². The Morgan fingerprint density at radius 3 is 2.78 bits per heavy atom. The molecule has 54 valence electrons. The van der Waals surface area contributed by atoms with E-state index < -0.39 is 0 Å². The van der Waals surface area contributed by atoms with Crippen molar-refractivity contribution in [2.75, 3.05) is 19.6 Å². The van der Waals surface area contributed by atoms with E-state index in [4.69, 9.17) is 10.4 Å². The zero-order valence-corrected chi connectivity index (χ0v) is 5.25. The number of hydroxylamine groups is 3. The molecule has 0 aromatic rings. The Balaban J connectivity index is 3.04. The van der Waals surface area contributed by atoms with Crippen molar-refractivity contribution >= 4 is 0 Å². The van der Waals surface area contributed by atoms with Crippen molar-refractivity contribution in [2.24, 2.45) is 0 Å². The van der Waals surface area contributed by atoms with Gasteiger partial charge in [0, 0.05) is 19.6 Å². The first kappa shape index (κ1) is 8.58. The molecule has 0 saturated carbocycles. The molecule has 9 heavy (non-hydrogen) atoms. The Hall–Kier alpha value is -0.420. The highest BCUT2D eigenvalue weighted by Gasteiger charge is 1.93. The van der Waals surface area contributed by atoms with Crippen molar-refractivity contribution in [2.45, 2.75) is 0 Å². The monoisotopic (exact) mass is 132 g/mol. The zero-order valence-electron chi connectivity index (χ0n) is 5.25. The molecule has 0 aromatic carbocycles. The molecule has 0 unspecified atom stereocenters. The first-order valence-corrected chi connectivity index (χ1v) is 2.73. The second-order valence-electron chi connectivity index (χ2n) is 1.61. The van der Waals surface area contributed by atoms with E-state index in [0.29, 0.717) is 19.6 Å². The molecule has 0 atom stereocenters. The molecule has 0 aromatic heterocycles. The molecule has 4 heteroatoms. The minimum Gasteiger partial charge on any atom is -0.317 e. The fourth-order valence-corrected chi connectivity index (χ4v) is 0.419. The van der Waals surface area contributed by atoms with Crippen molar-refractivity contribution in [3.8, 4) is 0 Å². The minimum atomic E-state index is 0.352. The summed E-state index contributed by atoms with van der Waals surface area (Å²) < 4.78 is 0. The normalized spacial score (nSPS) is 10.1. The first-order valence-electron chi connectivity index (χ1n) is 2.73. The predicted octanol–water partition coefficient (Wildman–Crippen LogP) is -0.158. The lowest BCUT2D eigenvalue weighted by molar-refractivity contribution is -0.0834. The van der Waals surface area contributed by atoms with E-state index in [2.05, 4.69) is 6.58 Å². The van der Waals surface area contributed by atoms with Gasteiger partial charge >= 0.3 is 0 Å². The van der Waals surface area contributed by atoms with Crippen LogP contribution in [-0.4, -0.2) is 35.1 Å². The third kappa shape index (κ3) is 5.45. The van der Waals surface area contributed by atoms with Crippen LogP contribution in [0.5, 0.6) is 0 Å². The first-order chi connectivity index (χ1) is 4.31. The maximum absolute atomic E-state index is 8.79. The second kappa shape index (κ2) is 5.71. The number of nitrogens with one attached hydrogen (secondary N) is 1. The summed E-state index contributed by atoms with van der Waals surface area (Å²) in [5.74, 6) is 0. The van der Waals surface area contributed by atoms with Gasteiger partial charge in [0.1, 0.15) is 0 Å². The van der Waals surface area contributed by atoms with Crippen LogP contribution in [0.1, 0.15) is 0 Å². The summed E-state index contributed by atoms with van der Waals surface area (Å²) in [6, 6.07) is 0. The average molecular weight is 132 g/mol. The Kier molecular flexibility index (Phi) is 5.45. The van der Waals surface area contributed by atoms with Crippen molar-refractivity contribution in [3.63, 3.8) is 0 Å². The van der Waals surface area contributed by atoms with Gasteiger partial charge in [-0.3, -0.25) is 0 Å². The molecule has 4 nitrogen and oxygen atoms in total. The van der Waals surface area contributed by atoms with E-state index in [9.17, 15) is 0 Å². The van der Waals surface area contributed by atoms with Crippen LogP contribution in [0.3, 0.4) is 0 Å². The molecule has 0 spiro atoms. The average Bonchev–Trinajstić information content (AvgIpc) is 1.85. The quantitative estimate of drug-likeness (QED) is 0.359. The molecule has 0 radical (unpaired) electrons. The predicted molar refractivity (Wildman–Crippen MR) is 33.3 cm³/mol. The molecule has 0 aliphatic rings. The van der Waals surface area contributed by atoms with E-state index in [1.807, 2.05) is 5.48 Å². The van der Waals surface area contributed by atoms with Gasteiger partial charge in [-0.25, -0.2) is 5.48 Å². The lowest BCUT2D eigenvalue weighted by Gasteiger charge is -2.09. The van der Waals surface area contributed by atoms with E-state index in [-0.39, 0.29) is 0 Å². The molecule has 0 rings (SSSR count). The summed E-state index contributed by atoms with van der Waals surface area (Å²) in [4.78, 5) is 0. The maximum Gasteiger partial charge on any atom is 0.0416 e. The van der Waals surface area contributed by atoms with Gasteiger partial charge in [-0.1, -0.05) is 6.08 Å². The van der Waals surface area contributed by atoms with Crippen molar-refractivity contribution in [1.29, 1.82) is 0 Å². The van der Waals surface area contributed by atoms with Crippen LogP contribution in [0.15, 0.2) is 12.7 Å². The van der Waals surface area contributed by atoms with Gasteiger partial charge in [0.15, 0.2) is 0 Å². The summed E-state index contributed by atoms with van der Waals surface area (Å²) in [6.45, 7) is 4.59. The Morgan fingerprint density at radius 2 is 2.33 bits per heavy atom. The second-order valence-corrected chi connectivity index (χ2v) is 1.61. The molecule has 0 bridgehead atoms. The highest BCUT2D eigenvalue weighted by atomic mass is 16.5. The number of hydrogen-bond acceptors (Lipinski definition) is 4. The van der Waals surface area contributed by atoms with Crippen LogP contribution in [0.25, 0.3) is 0 Å². The largest absolute Gasteiger partial charge is 0.317 e. The van der Waals surface area contributed by atoms with E-state index in [0.717, 1.165) is 5.06 Å². The lowest BCUT2D eigenvalue weighted by Crippen LogP contribution is -2.28. The van der Waals surface area contributed by atoms with Crippen molar-refractivity contribution in [3.05, 3.63) is 12.7 Å². The summed E-state index contributed by atoms with van der Waals surface area (Å²) in [5, 5.41) is 17.9. The summed E-state index contributed by atoms with van der Waals surface area (Å²) in [7, 11) is 0. The molecule has 0 aliphatic heterocycles. The summed E-state index contributed by atoms with van der Waals surface area (Å²) in [6.07, 6.45) is 1.58. The molecule has 0 saturated heterocycles. The molecule has 0 amide bonds. The Labute approximate surface area is 54.3 Å². The minimum absolute atomic E-state index is 0.352. The van der Waals surface area contributed by atoms with Crippen LogP contribution >= 0.6 is 0 Å². The van der Waals surface area contributed by atoms with Crippen LogP contribution in [-0.2, 0) is 0 Å². The van der Waals surface area contributed by atoms with E-state index in [1.165, 1.54) is 0 Å². The lowest BCUT2D eigenvalue weighted by atomic mass is 10.5. The summed E-state index contributed by atoms with van der Waals surface area (Å²) in [5.41, 5.74) is 1.92. The molecular formula is C5H12N2O2. The third-order valence-electron chi connectivity index (χ3n) is 0.822. The van der Waals surface area contributed by atoms with Crippen LogP contribution in [0, 0.1) is 0 Å². The number of hydrogen-bond donors (Lipinski definition) is 3. The van der Waals surface area contributed by atoms with Gasteiger partial charge < -0.3 is 10.4 Å². The smallest absolute Gasteiger partial charge is 0.0416 e. The fraction of sp³-hybridized carbons (Fsp3) is 0.600. The molecule has 3 N–H and O–H groups in total. The van der Waals surface area contributed by atoms with Gasteiger partial charge in [-0.15, -0.1) is 6.58 Å². The topological polar surface area (TPSA) is 55.7 Å². The Morgan fingerprint density at radius 1 is 1.67 bits per heavy atom. The van der Waals surface area contributed by atoms with Crippen molar-refractivity contribution in [1.82, 2.24) is 10.5 Å². The van der Waals surface area contributed by atoms with Gasteiger partial charge in [0.05, 0.1) is 0 Å². The summed E-state index contributed by atoms with van der Waals surface area (Å²) >= 11 is 0. The van der Waals surface area contributed by atoms with Crippen LogP contribution < -0.4 is 5.48 Å². The van der Waals surface area contributed by atoms with Gasteiger partial charge in [-0.05, 0) is 0 Å². The Bertz CT molecular complexity index is 77.4.